The summed E-state index contributed by atoms with van der Waals surface area (Å²) < 4.78 is 37.2. The lowest BCUT2D eigenvalue weighted by molar-refractivity contribution is -0.134. The molecule has 0 saturated carbocycles. The Balaban J connectivity index is 1.29. The van der Waals surface area contributed by atoms with E-state index in [0.29, 0.717) is 36.1 Å². The van der Waals surface area contributed by atoms with Gasteiger partial charge in [-0.25, -0.2) is 13.6 Å². The van der Waals surface area contributed by atoms with Gasteiger partial charge in [0.15, 0.2) is 5.82 Å². The molecule has 246 valence electrons. The van der Waals surface area contributed by atoms with E-state index < -0.39 is 23.3 Å². The summed E-state index contributed by atoms with van der Waals surface area (Å²) in [4.78, 5) is 38.8. The van der Waals surface area contributed by atoms with Crippen LogP contribution in [0, 0.1) is 24.0 Å². The van der Waals surface area contributed by atoms with E-state index in [9.17, 15) is 14.0 Å². The molecular formula is C37H41F2N5O3. The van der Waals surface area contributed by atoms with Gasteiger partial charge in [-0.1, -0.05) is 70.3 Å². The standard InChI is InChI=1S/C37H41F2N5O3/c1-3-5-6-7-8-9-10-11-12-13-31(45)47-26-18-23-14-17-30(38)27(4-2)32(23)28(19-26)34-33(39)35-29(20-40-34)36(43-37(46)42-35)44-21-24-15-16-25(22-44)41-24/h2,14,17-20,24-25,41H,3,5-13,15-16,21-22H2,1H3,(H,42,43,46). The van der Waals surface area contributed by atoms with Gasteiger partial charge >= 0.3 is 11.7 Å². The maximum Gasteiger partial charge on any atom is 0.347 e. The minimum Gasteiger partial charge on any atom is -0.426 e. The van der Waals surface area contributed by atoms with E-state index in [2.05, 4.69) is 33.1 Å². The third-order valence-corrected chi connectivity index (χ3v) is 9.37. The predicted molar refractivity (Wildman–Crippen MR) is 181 cm³/mol. The summed E-state index contributed by atoms with van der Waals surface area (Å²) in [5, 5.41) is 4.63. The van der Waals surface area contributed by atoms with Crippen LogP contribution < -0.4 is 20.6 Å². The van der Waals surface area contributed by atoms with Crippen LogP contribution in [0.25, 0.3) is 32.9 Å². The molecule has 2 bridgehead atoms. The molecule has 0 spiro atoms. The summed E-state index contributed by atoms with van der Waals surface area (Å²) in [5.41, 5.74) is -0.815. The van der Waals surface area contributed by atoms with Gasteiger partial charge < -0.3 is 19.9 Å². The van der Waals surface area contributed by atoms with Crippen LogP contribution in [0.2, 0.25) is 0 Å². The van der Waals surface area contributed by atoms with Crippen LogP contribution in [0.5, 0.6) is 5.75 Å². The summed E-state index contributed by atoms with van der Waals surface area (Å²) in [6, 6.07) is 6.34. The van der Waals surface area contributed by atoms with Crippen molar-refractivity contribution in [2.75, 3.05) is 18.0 Å². The quantitative estimate of drug-likeness (QED) is 0.0691. The van der Waals surface area contributed by atoms with Crippen molar-refractivity contribution in [3.63, 3.8) is 0 Å². The number of terminal acetylenes is 1. The van der Waals surface area contributed by atoms with Crippen molar-refractivity contribution >= 4 is 33.5 Å². The van der Waals surface area contributed by atoms with Crippen LogP contribution in [0.15, 0.2) is 35.3 Å². The molecule has 2 atom stereocenters. The second-order valence-corrected chi connectivity index (χ2v) is 12.8. The molecule has 47 heavy (non-hydrogen) atoms. The summed E-state index contributed by atoms with van der Waals surface area (Å²) in [7, 11) is 0. The van der Waals surface area contributed by atoms with Crippen LogP contribution in [0.1, 0.15) is 89.5 Å². The zero-order chi connectivity index (χ0) is 32.9. The Labute approximate surface area is 273 Å². The number of aromatic nitrogens is 3. The first-order valence-electron chi connectivity index (χ1n) is 16.9. The minimum atomic E-state index is -0.812. The van der Waals surface area contributed by atoms with Gasteiger partial charge in [0.2, 0.25) is 0 Å². The van der Waals surface area contributed by atoms with Crippen LogP contribution in [0.4, 0.5) is 14.6 Å². The Morgan fingerprint density at radius 1 is 1.04 bits per heavy atom. The van der Waals surface area contributed by atoms with Gasteiger partial charge in [0.25, 0.3) is 0 Å². The predicted octanol–water partition coefficient (Wildman–Crippen LogP) is 7.16. The molecule has 0 radical (unpaired) electrons. The number of esters is 1. The SMILES string of the molecule is C#Cc1c(F)ccc2cc(OC(=O)CCCCCCCCCCC)cc(-c3ncc4c(N5CC6CCC(C5)N6)nc(=O)[nH]c4c3F)c12. The Morgan fingerprint density at radius 3 is 2.45 bits per heavy atom. The molecule has 0 amide bonds. The summed E-state index contributed by atoms with van der Waals surface area (Å²) in [5.74, 6) is 1.06. The molecule has 2 aromatic carbocycles. The highest BCUT2D eigenvalue weighted by Crippen LogP contribution is 2.38. The van der Waals surface area contributed by atoms with Crippen LogP contribution in [-0.2, 0) is 4.79 Å². The molecule has 2 aliphatic rings. The number of rotatable bonds is 13. The van der Waals surface area contributed by atoms with Crippen molar-refractivity contribution in [2.24, 2.45) is 0 Å². The number of nitrogens with zero attached hydrogens (tertiary/aromatic N) is 3. The largest absolute Gasteiger partial charge is 0.426 e. The van der Waals surface area contributed by atoms with Gasteiger partial charge in [0.05, 0.1) is 16.5 Å². The number of hydrogen-bond donors (Lipinski definition) is 2. The molecule has 6 rings (SSSR count). The molecule has 8 nitrogen and oxygen atoms in total. The maximum absolute atomic E-state index is 16.5. The van der Waals surface area contributed by atoms with E-state index in [-0.39, 0.29) is 52.0 Å². The van der Waals surface area contributed by atoms with Gasteiger partial charge in [-0.15, -0.1) is 6.42 Å². The lowest BCUT2D eigenvalue weighted by Crippen LogP contribution is -2.51. The summed E-state index contributed by atoms with van der Waals surface area (Å²) in [6.45, 7) is 3.50. The lowest BCUT2D eigenvalue weighted by Gasteiger charge is -2.34. The highest BCUT2D eigenvalue weighted by Gasteiger charge is 2.34. The second kappa shape index (κ2) is 14.6. The summed E-state index contributed by atoms with van der Waals surface area (Å²) in [6.07, 6.45) is 19.6. The van der Waals surface area contributed by atoms with E-state index in [4.69, 9.17) is 11.2 Å². The van der Waals surface area contributed by atoms with Gasteiger partial charge in [0.1, 0.15) is 23.1 Å². The number of unbranched alkanes of at least 4 members (excludes halogenated alkanes) is 8. The highest BCUT2D eigenvalue weighted by molar-refractivity contribution is 6.03. The number of halogens is 2. The van der Waals surface area contributed by atoms with Crippen molar-refractivity contribution in [3.8, 4) is 29.4 Å². The third kappa shape index (κ3) is 7.15. The smallest absolute Gasteiger partial charge is 0.347 e. The first kappa shape index (κ1) is 32.6. The van der Waals surface area contributed by atoms with E-state index >= 15 is 4.39 Å². The fourth-order valence-electron chi connectivity index (χ4n) is 7.03. The molecule has 2 saturated heterocycles. The number of aromatic amines is 1. The number of pyridine rings is 1. The number of nitrogens with one attached hydrogen (secondary N) is 2. The molecular weight excluding hydrogens is 600 g/mol. The van der Waals surface area contributed by atoms with Crippen molar-refractivity contribution in [1.29, 1.82) is 0 Å². The molecule has 2 fully saturated rings. The van der Waals surface area contributed by atoms with E-state index in [1.54, 1.807) is 6.07 Å². The molecule has 2 aliphatic heterocycles. The van der Waals surface area contributed by atoms with Crippen molar-refractivity contribution < 1.29 is 18.3 Å². The van der Waals surface area contributed by atoms with Gasteiger partial charge in [0, 0.05) is 48.7 Å². The van der Waals surface area contributed by atoms with Gasteiger partial charge in [-0.3, -0.25) is 9.78 Å². The first-order chi connectivity index (χ1) is 22.9. The van der Waals surface area contributed by atoms with Gasteiger partial charge in [-0.05, 0) is 42.8 Å². The second-order valence-electron chi connectivity index (χ2n) is 12.8. The number of hydrogen-bond acceptors (Lipinski definition) is 7. The molecule has 4 aromatic rings. The normalized spacial score (nSPS) is 17.4. The number of fused-ring (bicyclic) bond motifs is 4. The lowest BCUT2D eigenvalue weighted by atomic mass is 9.95. The number of benzene rings is 2. The molecule has 2 aromatic heterocycles. The average molecular weight is 642 g/mol. The number of piperazine rings is 1. The van der Waals surface area contributed by atoms with Gasteiger partial charge in [-0.2, -0.15) is 4.98 Å². The Kier molecular flexibility index (Phi) is 10.1. The number of H-pyrrole nitrogens is 1. The van der Waals surface area contributed by atoms with Crippen molar-refractivity contribution in [2.45, 2.75) is 96.1 Å². The average Bonchev–Trinajstić information content (AvgIpc) is 3.40. The number of carbonyl (C=O) groups excluding carboxylic acids is 1. The topological polar surface area (TPSA) is 100 Å². The Bertz CT molecular complexity index is 1870. The summed E-state index contributed by atoms with van der Waals surface area (Å²) >= 11 is 0. The number of carbonyl (C=O) groups is 1. The number of ether oxygens (including phenoxy) is 1. The maximum atomic E-state index is 16.5. The van der Waals surface area contributed by atoms with Crippen LogP contribution >= 0.6 is 0 Å². The minimum absolute atomic E-state index is 0.0598. The Morgan fingerprint density at radius 2 is 1.74 bits per heavy atom. The van der Waals surface area contributed by atoms with Crippen molar-refractivity contribution in [1.82, 2.24) is 20.3 Å². The molecule has 4 heterocycles. The fraction of sp³-hybridized carbons (Fsp3) is 0.459. The first-order valence-corrected chi connectivity index (χ1v) is 16.9. The van der Waals surface area contributed by atoms with E-state index in [0.717, 1.165) is 32.1 Å². The zero-order valence-corrected chi connectivity index (χ0v) is 26.8. The van der Waals surface area contributed by atoms with E-state index in [1.807, 2.05) is 4.90 Å². The van der Waals surface area contributed by atoms with Crippen LogP contribution in [-0.4, -0.2) is 46.1 Å². The number of anilines is 1. The highest BCUT2D eigenvalue weighted by atomic mass is 19.1. The Hall–Kier alpha value is -4.36. The third-order valence-electron chi connectivity index (χ3n) is 9.37. The molecule has 0 aliphatic carbocycles. The van der Waals surface area contributed by atoms with Crippen LogP contribution in [0.3, 0.4) is 0 Å². The fourth-order valence-corrected chi connectivity index (χ4v) is 7.03. The monoisotopic (exact) mass is 641 g/mol. The molecule has 2 N–H and O–H groups in total. The molecule has 2 unspecified atom stereocenters. The van der Waals surface area contributed by atoms with Crippen molar-refractivity contribution in [3.05, 3.63) is 58.1 Å². The zero-order valence-electron chi connectivity index (χ0n) is 26.8. The van der Waals surface area contributed by atoms with E-state index in [1.165, 1.54) is 56.5 Å². The molecule has 10 heteroatoms.